The smallest absolute Gasteiger partial charge is 0.348 e. The van der Waals surface area contributed by atoms with Gasteiger partial charge in [0.2, 0.25) is 0 Å². The third-order valence-corrected chi connectivity index (χ3v) is 10.4. The first-order chi connectivity index (χ1) is 24.5. The highest BCUT2D eigenvalue weighted by atomic mass is 16.3. The van der Waals surface area contributed by atoms with Crippen molar-refractivity contribution in [3.63, 3.8) is 0 Å². The van der Waals surface area contributed by atoms with Crippen LogP contribution >= 0.6 is 0 Å². The summed E-state index contributed by atoms with van der Waals surface area (Å²) in [6, 6.07) is 14.9. The number of likely N-dealkylation sites (tertiary alicyclic amines) is 1. The maximum absolute atomic E-state index is 13.3. The molecule has 1 aliphatic carbocycles. The van der Waals surface area contributed by atoms with E-state index in [0.717, 1.165) is 24.8 Å². The van der Waals surface area contributed by atoms with Gasteiger partial charge in [0.05, 0.1) is 23.7 Å². The lowest BCUT2D eigenvalue weighted by molar-refractivity contribution is -0.133. The molecule has 0 bridgehead atoms. The van der Waals surface area contributed by atoms with Gasteiger partial charge in [-0.05, 0) is 79.0 Å². The van der Waals surface area contributed by atoms with Crippen molar-refractivity contribution >= 4 is 29.2 Å². The normalized spacial score (nSPS) is 18.1. The number of aromatic nitrogens is 3. The number of Topliss-reactive ketones (excluding diaryl/α,β-unsaturated/α-hetero) is 2. The second-order valence-electron chi connectivity index (χ2n) is 14.0. The van der Waals surface area contributed by atoms with E-state index in [-0.39, 0.29) is 66.1 Å². The van der Waals surface area contributed by atoms with Crippen LogP contribution in [0.15, 0.2) is 59.4 Å². The molecule has 3 aliphatic rings. The van der Waals surface area contributed by atoms with Gasteiger partial charge in [-0.25, -0.2) is 19.3 Å². The standard InChI is InChI=1S/C38H40N6O7/c1-21(2)27-18-28(33(47)19-32(27)46)35-40-41-38(51)44(35)24-8-6-22(7-9-24)16-23-12-14-42(15-13-23)37(50)39-30-5-3-4-26-29(30)20-43(36(26)49)31-11-10-25(45)17-34(31)48/h3-9,18-19,21,23,31,46-47H,10-17,20H2,1-2H3,(H,39,50)(H,41,51). The molecular weight excluding hydrogens is 652 g/mol. The molecular formula is C38H40N6O7. The molecule has 51 heavy (non-hydrogen) atoms. The topological polar surface area (TPSA) is 178 Å². The Morgan fingerprint density at radius 1 is 0.961 bits per heavy atom. The number of hydrogen-bond donors (Lipinski definition) is 4. The number of urea groups is 1. The summed E-state index contributed by atoms with van der Waals surface area (Å²) in [6.07, 6.45) is 2.88. The van der Waals surface area contributed by atoms with Gasteiger partial charge in [-0.3, -0.25) is 14.4 Å². The first-order valence-corrected chi connectivity index (χ1v) is 17.3. The SMILES string of the molecule is CC(C)c1cc(-c2n[nH]c(=O)n2-c2ccc(CC3CCN(C(=O)Nc4cccc5c4CN(C4CCC(=O)CC4=O)C5=O)CC3)cc2)c(O)cc1O. The number of H-pyrrole nitrogens is 1. The molecule has 13 nitrogen and oxygen atoms in total. The minimum absolute atomic E-state index is 0.0117. The number of aromatic amines is 1. The highest BCUT2D eigenvalue weighted by molar-refractivity contribution is 6.08. The summed E-state index contributed by atoms with van der Waals surface area (Å²) < 4.78 is 1.39. The first kappa shape index (κ1) is 33.8. The zero-order valence-corrected chi connectivity index (χ0v) is 28.5. The molecule has 3 heterocycles. The van der Waals surface area contributed by atoms with Crippen molar-refractivity contribution in [1.82, 2.24) is 24.6 Å². The number of amides is 3. The highest BCUT2D eigenvalue weighted by Gasteiger charge is 2.40. The van der Waals surface area contributed by atoms with Gasteiger partial charge in [-0.15, -0.1) is 0 Å². The van der Waals surface area contributed by atoms with Crippen LogP contribution in [0.5, 0.6) is 11.5 Å². The molecule has 264 valence electrons. The van der Waals surface area contributed by atoms with Crippen LogP contribution < -0.4 is 11.0 Å². The van der Waals surface area contributed by atoms with E-state index in [9.17, 15) is 34.2 Å². The van der Waals surface area contributed by atoms with E-state index in [4.69, 9.17) is 0 Å². The molecule has 3 aromatic carbocycles. The summed E-state index contributed by atoms with van der Waals surface area (Å²) in [5, 5.41) is 30.5. The van der Waals surface area contributed by atoms with E-state index in [1.165, 1.54) is 15.5 Å². The molecule has 1 saturated carbocycles. The van der Waals surface area contributed by atoms with Crippen molar-refractivity contribution in [2.45, 2.75) is 70.9 Å². The van der Waals surface area contributed by atoms with Crippen molar-refractivity contribution in [3.8, 4) is 28.6 Å². The third kappa shape index (κ3) is 6.51. The lowest BCUT2D eigenvalue weighted by Crippen LogP contribution is -2.44. The minimum atomic E-state index is -0.620. The van der Waals surface area contributed by atoms with Crippen LogP contribution in [0.4, 0.5) is 10.5 Å². The van der Waals surface area contributed by atoms with Crippen molar-refractivity contribution in [2.24, 2.45) is 5.92 Å². The van der Waals surface area contributed by atoms with E-state index in [1.807, 2.05) is 38.1 Å². The first-order valence-electron chi connectivity index (χ1n) is 17.3. The summed E-state index contributed by atoms with van der Waals surface area (Å²) in [4.78, 5) is 67.0. The van der Waals surface area contributed by atoms with Crippen LogP contribution in [0, 0.1) is 5.92 Å². The van der Waals surface area contributed by atoms with Gasteiger partial charge in [0.1, 0.15) is 17.3 Å². The fourth-order valence-corrected chi connectivity index (χ4v) is 7.51. The molecule has 1 atom stereocenters. The number of rotatable bonds is 7. The maximum atomic E-state index is 13.3. The monoisotopic (exact) mass is 692 g/mol. The number of aromatic hydroxyl groups is 2. The molecule has 7 rings (SSSR count). The number of ketones is 2. The maximum Gasteiger partial charge on any atom is 0.348 e. The van der Waals surface area contributed by atoms with Gasteiger partial charge < -0.3 is 25.3 Å². The number of carbonyl (C=O) groups is 4. The number of phenols is 2. The lowest BCUT2D eigenvalue weighted by atomic mass is 9.90. The predicted octanol–water partition coefficient (Wildman–Crippen LogP) is 4.90. The molecule has 3 amide bonds. The Balaban J connectivity index is 0.968. The molecule has 4 N–H and O–H groups in total. The second kappa shape index (κ2) is 13.5. The Bertz CT molecular complexity index is 2090. The van der Waals surface area contributed by atoms with Crippen molar-refractivity contribution in [2.75, 3.05) is 18.4 Å². The van der Waals surface area contributed by atoms with Gasteiger partial charge in [0, 0.05) is 48.9 Å². The molecule has 1 aromatic heterocycles. The van der Waals surface area contributed by atoms with Crippen molar-refractivity contribution in [3.05, 3.63) is 87.3 Å². The zero-order chi connectivity index (χ0) is 36.0. The third-order valence-electron chi connectivity index (χ3n) is 10.4. The van der Waals surface area contributed by atoms with Crippen molar-refractivity contribution in [1.29, 1.82) is 0 Å². The molecule has 1 saturated heterocycles. The Kier molecular flexibility index (Phi) is 8.96. The summed E-state index contributed by atoms with van der Waals surface area (Å²) in [5.41, 5.74) is 3.87. The van der Waals surface area contributed by atoms with Gasteiger partial charge >= 0.3 is 11.7 Å². The van der Waals surface area contributed by atoms with E-state index in [0.29, 0.717) is 59.1 Å². The fraction of sp³-hybridized carbons (Fsp3) is 0.368. The number of piperidine rings is 1. The van der Waals surface area contributed by atoms with Gasteiger partial charge in [-0.2, -0.15) is 5.10 Å². The van der Waals surface area contributed by atoms with Crippen LogP contribution in [0.2, 0.25) is 0 Å². The Hall–Kier alpha value is -5.72. The number of carbonyl (C=O) groups excluding carboxylic acids is 4. The molecule has 2 aliphatic heterocycles. The number of hydrogen-bond acceptors (Lipinski definition) is 8. The number of nitrogens with one attached hydrogen (secondary N) is 2. The molecule has 0 radical (unpaired) electrons. The average molecular weight is 693 g/mol. The lowest BCUT2D eigenvalue weighted by Gasteiger charge is -2.32. The fourth-order valence-electron chi connectivity index (χ4n) is 7.51. The molecule has 13 heteroatoms. The zero-order valence-electron chi connectivity index (χ0n) is 28.5. The highest BCUT2D eigenvalue weighted by Crippen LogP contribution is 2.38. The van der Waals surface area contributed by atoms with Crippen molar-refractivity contribution < 1.29 is 29.4 Å². The van der Waals surface area contributed by atoms with E-state index in [2.05, 4.69) is 15.5 Å². The molecule has 2 fully saturated rings. The largest absolute Gasteiger partial charge is 0.508 e. The number of benzene rings is 3. The average Bonchev–Trinajstić information content (AvgIpc) is 3.65. The van der Waals surface area contributed by atoms with E-state index >= 15 is 0 Å². The second-order valence-corrected chi connectivity index (χ2v) is 14.0. The molecule has 0 spiro atoms. The number of nitrogens with zero attached hydrogens (tertiary/aromatic N) is 4. The van der Waals surface area contributed by atoms with Crippen LogP contribution in [0.1, 0.15) is 78.9 Å². The van der Waals surface area contributed by atoms with E-state index < -0.39 is 11.7 Å². The number of anilines is 1. The van der Waals surface area contributed by atoms with Crippen LogP contribution in [-0.4, -0.2) is 77.4 Å². The Labute approximate surface area is 293 Å². The van der Waals surface area contributed by atoms with Crippen LogP contribution in [0.3, 0.4) is 0 Å². The summed E-state index contributed by atoms with van der Waals surface area (Å²) in [7, 11) is 0. The summed E-state index contributed by atoms with van der Waals surface area (Å²) >= 11 is 0. The number of fused-ring (bicyclic) bond motifs is 1. The minimum Gasteiger partial charge on any atom is -0.508 e. The molecule has 4 aromatic rings. The summed E-state index contributed by atoms with van der Waals surface area (Å²) in [6.45, 7) is 5.20. The number of phenolic OH excluding ortho intramolecular Hbond substituents is 2. The van der Waals surface area contributed by atoms with Gasteiger partial charge in [0.15, 0.2) is 11.6 Å². The van der Waals surface area contributed by atoms with E-state index in [1.54, 1.807) is 29.2 Å². The summed E-state index contributed by atoms with van der Waals surface area (Å²) in [5.74, 6) is -0.213. The van der Waals surface area contributed by atoms with Gasteiger partial charge in [0.25, 0.3) is 5.91 Å². The Morgan fingerprint density at radius 3 is 2.41 bits per heavy atom. The Morgan fingerprint density at radius 2 is 1.71 bits per heavy atom. The van der Waals surface area contributed by atoms with Crippen LogP contribution in [0.25, 0.3) is 17.1 Å². The van der Waals surface area contributed by atoms with Crippen LogP contribution in [-0.2, 0) is 22.6 Å². The predicted molar refractivity (Wildman–Crippen MR) is 188 cm³/mol. The van der Waals surface area contributed by atoms with Gasteiger partial charge in [-0.1, -0.05) is 32.0 Å². The quantitative estimate of drug-likeness (QED) is 0.198. The molecule has 1 unspecified atom stereocenters.